The van der Waals surface area contributed by atoms with Crippen LogP contribution in [0.2, 0.25) is 5.02 Å². The van der Waals surface area contributed by atoms with E-state index in [4.69, 9.17) is 22.7 Å². The average molecular weight is 291 g/mol. The Morgan fingerprint density at radius 2 is 1.95 bits per heavy atom. The van der Waals surface area contributed by atoms with Gasteiger partial charge in [-0.15, -0.1) is 11.8 Å². The van der Waals surface area contributed by atoms with E-state index in [9.17, 15) is 0 Å². The van der Waals surface area contributed by atoms with E-state index in [0.717, 1.165) is 32.4 Å². The fourth-order valence-electron chi connectivity index (χ4n) is 1.82. The van der Waals surface area contributed by atoms with Gasteiger partial charge in [0.1, 0.15) is 5.84 Å². The topological polar surface area (TPSA) is 49.9 Å². The Bertz CT molecular complexity index is 611. The van der Waals surface area contributed by atoms with Gasteiger partial charge < -0.3 is 5.73 Å². The standard InChI is InChI=1S/C15H15ClN2S/c1-10-5-4-7-12(15(17)18)14(10)19-9-11-6-2-3-8-13(11)16/h2-8H,9H2,1H3,(H3,17,18). The molecule has 0 saturated heterocycles. The van der Waals surface area contributed by atoms with Crippen molar-refractivity contribution in [3.05, 3.63) is 64.2 Å². The Labute approximate surface area is 122 Å². The molecule has 4 heteroatoms. The SMILES string of the molecule is Cc1cccc(C(=N)N)c1SCc1ccccc1Cl. The molecular weight excluding hydrogens is 276 g/mol. The van der Waals surface area contributed by atoms with Crippen molar-refractivity contribution in [1.82, 2.24) is 0 Å². The van der Waals surface area contributed by atoms with Crippen molar-refractivity contribution in [2.75, 3.05) is 0 Å². The van der Waals surface area contributed by atoms with Gasteiger partial charge in [-0.25, -0.2) is 0 Å². The second-order valence-corrected chi connectivity index (χ2v) is 5.64. The molecule has 19 heavy (non-hydrogen) atoms. The lowest BCUT2D eigenvalue weighted by atomic mass is 10.1. The van der Waals surface area contributed by atoms with Gasteiger partial charge in [0, 0.05) is 21.2 Å². The first-order valence-corrected chi connectivity index (χ1v) is 7.26. The number of rotatable bonds is 4. The molecule has 0 heterocycles. The van der Waals surface area contributed by atoms with E-state index in [1.807, 2.05) is 49.4 Å². The Balaban J connectivity index is 2.25. The van der Waals surface area contributed by atoms with E-state index in [0.29, 0.717) is 0 Å². The second kappa shape index (κ2) is 6.13. The van der Waals surface area contributed by atoms with Gasteiger partial charge in [-0.1, -0.05) is 48.0 Å². The number of nitrogen functional groups attached to an aromatic ring is 1. The molecule has 98 valence electrons. The summed E-state index contributed by atoms with van der Waals surface area (Å²) >= 11 is 7.82. The summed E-state index contributed by atoms with van der Waals surface area (Å²) < 4.78 is 0. The largest absolute Gasteiger partial charge is 0.384 e. The van der Waals surface area contributed by atoms with Crippen LogP contribution in [0, 0.1) is 12.3 Å². The van der Waals surface area contributed by atoms with Crippen molar-refractivity contribution in [3.8, 4) is 0 Å². The van der Waals surface area contributed by atoms with Crippen LogP contribution in [-0.4, -0.2) is 5.84 Å². The molecule has 0 amide bonds. The van der Waals surface area contributed by atoms with E-state index in [2.05, 4.69) is 0 Å². The van der Waals surface area contributed by atoms with Gasteiger partial charge in [-0.05, 0) is 24.1 Å². The quantitative estimate of drug-likeness (QED) is 0.503. The molecular formula is C15H15ClN2S. The zero-order valence-electron chi connectivity index (χ0n) is 10.6. The van der Waals surface area contributed by atoms with Gasteiger partial charge in [-0.3, -0.25) is 5.41 Å². The van der Waals surface area contributed by atoms with Crippen LogP contribution < -0.4 is 5.73 Å². The van der Waals surface area contributed by atoms with E-state index in [-0.39, 0.29) is 5.84 Å². The summed E-state index contributed by atoms with van der Waals surface area (Å²) in [5.41, 5.74) is 8.63. The van der Waals surface area contributed by atoms with Crippen LogP contribution in [0.25, 0.3) is 0 Å². The molecule has 0 aliphatic rings. The molecule has 0 unspecified atom stereocenters. The summed E-state index contributed by atoms with van der Waals surface area (Å²) in [5, 5.41) is 8.41. The van der Waals surface area contributed by atoms with Gasteiger partial charge in [0.25, 0.3) is 0 Å². The zero-order valence-corrected chi connectivity index (χ0v) is 12.2. The van der Waals surface area contributed by atoms with Crippen molar-refractivity contribution < 1.29 is 0 Å². The fourth-order valence-corrected chi connectivity index (χ4v) is 3.28. The summed E-state index contributed by atoms with van der Waals surface area (Å²) in [6.45, 7) is 2.03. The Morgan fingerprint density at radius 3 is 2.63 bits per heavy atom. The molecule has 0 bridgehead atoms. The number of nitrogens with two attached hydrogens (primary N) is 1. The second-order valence-electron chi connectivity index (χ2n) is 4.25. The van der Waals surface area contributed by atoms with Gasteiger partial charge >= 0.3 is 0 Å². The minimum absolute atomic E-state index is 0.102. The minimum Gasteiger partial charge on any atom is -0.384 e. The molecule has 0 spiro atoms. The zero-order chi connectivity index (χ0) is 13.8. The minimum atomic E-state index is 0.102. The molecule has 2 rings (SSSR count). The number of hydrogen-bond acceptors (Lipinski definition) is 2. The maximum Gasteiger partial charge on any atom is 0.123 e. The molecule has 0 saturated carbocycles. The van der Waals surface area contributed by atoms with Crippen LogP contribution in [0.3, 0.4) is 0 Å². The number of amidine groups is 1. The van der Waals surface area contributed by atoms with Crippen LogP contribution in [0.4, 0.5) is 0 Å². The Hall–Kier alpha value is -1.45. The number of hydrogen-bond donors (Lipinski definition) is 2. The maximum absolute atomic E-state index is 7.64. The predicted octanol–water partition coefficient (Wildman–Crippen LogP) is 4.22. The van der Waals surface area contributed by atoms with Crippen molar-refractivity contribution in [1.29, 1.82) is 5.41 Å². The molecule has 0 aromatic heterocycles. The third kappa shape index (κ3) is 3.31. The fraction of sp³-hybridized carbons (Fsp3) is 0.133. The predicted molar refractivity (Wildman–Crippen MR) is 83.2 cm³/mol. The first-order chi connectivity index (χ1) is 9.09. The van der Waals surface area contributed by atoms with Crippen LogP contribution in [0.1, 0.15) is 16.7 Å². The summed E-state index contributed by atoms with van der Waals surface area (Å²) in [6.07, 6.45) is 0. The van der Waals surface area contributed by atoms with Crippen molar-refractivity contribution in [3.63, 3.8) is 0 Å². The maximum atomic E-state index is 7.64. The van der Waals surface area contributed by atoms with Crippen molar-refractivity contribution in [2.45, 2.75) is 17.6 Å². The van der Waals surface area contributed by atoms with Crippen LogP contribution >= 0.6 is 23.4 Å². The number of thioether (sulfide) groups is 1. The lowest BCUT2D eigenvalue weighted by Gasteiger charge is -2.11. The molecule has 0 aliphatic heterocycles. The highest BCUT2D eigenvalue weighted by atomic mass is 35.5. The first-order valence-electron chi connectivity index (χ1n) is 5.90. The third-order valence-corrected chi connectivity index (χ3v) is 4.49. The van der Waals surface area contributed by atoms with Crippen molar-refractivity contribution in [2.24, 2.45) is 5.73 Å². The number of halogens is 1. The van der Waals surface area contributed by atoms with Gasteiger partial charge in [0.15, 0.2) is 0 Å². The number of aryl methyl sites for hydroxylation is 1. The Morgan fingerprint density at radius 1 is 1.21 bits per heavy atom. The lowest BCUT2D eigenvalue weighted by molar-refractivity contribution is 1.25. The molecule has 0 radical (unpaired) electrons. The van der Waals surface area contributed by atoms with Crippen molar-refractivity contribution >= 4 is 29.2 Å². The van der Waals surface area contributed by atoms with E-state index >= 15 is 0 Å². The highest BCUT2D eigenvalue weighted by Gasteiger charge is 2.09. The highest BCUT2D eigenvalue weighted by molar-refractivity contribution is 7.98. The third-order valence-electron chi connectivity index (χ3n) is 2.83. The van der Waals surface area contributed by atoms with E-state index in [1.54, 1.807) is 11.8 Å². The van der Waals surface area contributed by atoms with E-state index < -0.39 is 0 Å². The van der Waals surface area contributed by atoms with Crippen LogP contribution in [0.15, 0.2) is 47.4 Å². The van der Waals surface area contributed by atoms with Gasteiger partial charge in [0.05, 0.1) is 0 Å². The highest BCUT2D eigenvalue weighted by Crippen LogP contribution is 2.31. The summed E-state index contributed by atoms with van der Waals surface area (Å²) in [5.74, 6) is 0.871. The average Bonchev–Trinajstić information content (AvgIpc) is 2.38. The summed E-state index contributed by atoms with van der Waals surface area (Å²) in [4.78, 5) is 1.05. The molecule has 3 N–H and O–H groups in total. The van der Waals surface area contributed by atoms with Crippen LogP contribution in [0.5, 0.6) is 0 Å². The normalized spacial score (nSPS) is 10.4. The summed E-state index contributed by atoms with van der Waals surface area (Å²) in [6, 6.07) is 13.6. The van der Waals surface area contributed by atoms with Gasteiger partial charge in [0.2, 0.25) is 0 Å². The number of nitrogens with one attached hydrogen (secondary N) is 1. The monoisotopic (exact) mass is 290 g/mol. The van der Waals surface area contributed by atoms with E-state index in [1.165, 1.54) is 0 Å². The van der Waals surface area contributed by atoms with Gasteiger partial charge in [-0.2, -0.15) is 0 Å². The Kier molecular flexibility index (Phi) is 4.51. The molecule has 2 aromatic carbocycles. The molecule has 2 aromatic rings. The molecule has 0 aliphatic carbocycles. The molecule has 0 atom stereocenters. The lowest BCUT2D eigenvalue weighted by Crippen LogP contribution is -2.12. The summed E-state index contributed by atoms with van der Waals surface area (Å²) in [7, 11) is 0. The smallest absolute Gasteiger partial charge is 0.123 e. The molecule has 2 nitrogen and oxygen atoms in total. The number of benzene rings is 2. The first kappa shape index (κ1) is 14.0. The van der Waals surface area contributed by atoms with Crippen LogP contribution in [-0.2, 0) is 5.75 Å². The molecule has 0 fully saturated rings.